The number of nitrogens with zero attached hydrogens (tertiary/aromatic N) is 3. The maximum atomic E-state index is 12.6. The topological polar surface area (TPSA) is 59.4 Å². The number of aromatic nitrogens is 2. The van der Waals surface area contributed by atoms with E-state index in [9.17, 15) is 4.79 Å². The van der Waals surface area contributed by atoms with E-state index in [-0.39, 0.29) is 5.91 Å². The number of ether oxygens (including phenoxy) is 1. The lowest BCUT2D eigenvalue weighted by atomic mass is 10.2. The first-order valence-corrected chi connectivity index (χ1v) is 8.97. The number of unbranched alkanes of at least 4 members (excludes halogenated alkanes) is 1. The number of nitrogens with one attached hydrogen (secondary N) is 1. The summed E-state index contributed by atoms with van der Waals surface area (Å²) in [6.45, 7) is 5.79. The van der Waals surface area contributed by atoms with Crippen molar-refractivity contribution in [2.75, 3.05) is 25.0 Å². The van der Waals surface area contributed by atoms with Gasteiger partial charge in [0.1, 0.15) is 11.9 Å². The molecule has 0 saturated carbocycles. The molecule has 0 radical (unpaired) electrons. The molecule has 0 spiro atoms. The Balaban J connectivity index is 1.56. The van der Waals surface area contributed by atoms with E-state index >= 15 is 0 Å². The number of rotatable bonds is 7. The van der Waals surface area contributed by atoms with E-state index in [0.717, 1.165) is 38.3 Å². The van der Waals surface area contributed by atoms with Crippen molar-refractivity contribution in [2.45, 2.75) is 39.0 Å². The van der Waals surface area contributed by atoms with Gasteiger partial charge >= 0.3 is 0 Å². The maximum absolute atomic E-state index is 12.6. The first-order chi connectivity index (χ1) is 12.3. The van der Waals surface area contributed by atoms with Crippen molar-refractivity contribution in [1.82, 2.24) is 14.7 Å². The lowest BCUT2D eigenvalue weighted by Gasteiger charge is -2.32. The number of carbonyl (C=O) groups is 1. The summed E-state index contributed by atoms with van der Waals surface area (Å²) >= 11 is 0. The third kappa shape index (κ3) is 4.90. The van der Waals surface area contributed by atoms with E-state index in [1.807, 2.05) is 28.9 Å². The minimum Gasteiger partial charge on any atom is -0.366 e. The lowest BCUT2D eigenvalue weighted by molar-refractivity contribution is -0.133. The van der Waals surface area contributed by atoms with Crippen LogP contribution in [0.4, 0.5) is 5.82 Å². The molecule has 1 unspecified atom stereocenters. The molecular formula is C19H26N4O2. The highest BCUT2D eigenvalue weighted by Crippen LogP contribution is 2.13. The highest BCUT2D eigenvalue weighted by atomic mass is 16.5. The van der Waals surface area contributed by atoms with Gasteiger partial charge in [-0.15, -0.1) is 0 Å². The highest BCUT2D eigenvalue weighted by Gasteiger charge is 2.27. The number of morpholine rings is 1. The number of benzene rings is 1. The predicted octanol–water partition coefficient (Wildman–Crippen LogP) is 2.52. The second kappa shape index (κ2) is 8.78. The van der Waals surface area contributed by atoms with Crippen LogP contribution >= 0.6 is 0 Å². The predicted molar refractivity (Wildman–Crippen MR) is 97.2 cm³/mol. The van der Waals surface area contributed by atoms with Crippen LogP contribution in [0.5, 0.6) is 0 Å². The Hall–Kier alpha value is -2.18. The second-order valence-corrected chi connectivity index (χ2v) is 6.36. The fourth-order valence-electron chi connectivity index (χ4n) is 2.98. The molecule has 2 heterocycles. The molecule has 6 nitrogen and oxygen atoms in total. The molecule has 1 fully saturated rings. The molecule has 134 valence electrons. The second-order valence-electron chi connectivity index (χ2n) is 6.36. The number of aryl methyl sites for hydroxylation is 1. The molecule has 6 heteroatoms. The summed E-state index contributed by atoms with van der Waals surface area (Å²) in [5, 5.41) is 7.24. The molecule has 25 heavy (non-hydrogen) atoms. The van der Waals surface area contributed by atoms with E-state index < -0.39 is 6.10 Å². The van der Waals surface area contributed by atoms with Crippen molar-refractivity contribution in [3.8, 4) is 0 Å². The van der Waals surface area contributed by atoms with Gasteiger partial charge < -0.3 is 10.1 Å². The number of amides is 1. The zero-order valence-corrected chi connectivity index (χ0v) is 14.7. The summed E-state index contributed by atoms with van der Waals surface area (Å²) in [6.07, 6.45) is 3.39. The Kier molecular flexibility index (Phi) is 6.19. The molecule has 0 bridgehead atoms. The first-order valence-electron chi connectivity index (χ1n) is 8.97. The highest BCUT2D eigenvalue weighted by molar-refractivity contribution is 5.93. The lowest BCUT2D eigenvalue weighted by Crippen LogP contribution is -2.47. The van der Waals surface area contributed by atoms with Gasteiger partial charge in [-0.3, -0.25) is 9.69 Å². The molecule has 1 aromatic heterocycles. The maximum Gasteiger partial charge on any atom is 0.255 e. The first kappa shape index (κ1) is 17.6. The molecule has 0 aliphatic carbocycles. The zero-order valence-electron chi connectivity index (χ0n) is 14.7. The fraction of sp³-hybridized carbons (Fsp3) is 0.474. The molecule has 1 aromatic carbocycles. The van der Waals surface area contributed by atoms with Crippen LogP contribution in [0.25, 0.3) is 0 Å². The molecule has 1 aliphatic rings. The average molecular weight is 342 g/mol. The largest absolute Gasteiger partial charge is 0.366 e. The summed E-state index contributed by atoms with van der Waals surface area (Å²) in [7, 11) is 0. The molecule has 1 saturated heterocycles. The van der Waals surface area contributed by atoms with Crippen LogP contribution in [0.3, 0.4) is 0 Å². The number of hydrogen-bond donors (Lipinski definition) is 1. The Morgan fingerprint density at radius 1 is 1.32 bits per heavy atom. The number of anilines is 1. The monoisotopic (exact) mass is 342 g/mol. The van der Waals surface area contributed by atoms with Crippen LogP contribution in [0.1, 0.15) is 25.3 Å². The van der Waals surface area contributed by atoms with E-state index in [0.29, 0.717) is 13.2 Å². The Bertz CT molecular complexity index is 671. The summed E-state index contributed by atoms with van der Waals surface area (Å²) in [5.74, 6) is 0.637. The van der Waals surface area contributed by atoms with Crippen molar-refractivity contribution in [2.24, 2.45) is 0 Å². The SMILES string of the molecule is CCCCn1nccc1NC(=O)C1CN(Cc2ccccc2)CCO1. The molecule has 1 amide bonds. The van der Waals surface area contributed by atoms with Gasteiger partial charge in [-0.05, 0) is 12.0 Å². The Morgan fingerprint density at radius 2 is 2.16 bits per heavy atom. The van der Waals surface area contributed by atoms with Gasteiger partial charge in [-0.2, -0.15) is 5.10 Å². The van der Waals surface area contributed by atoms with Crippen LogP contribution in [-0.2, 0) is 22.6 Å². The van der Waals surface area contributed by atoms with Gasteiger partial charge in [0.15, 0.2) is 0 Å². The molecule has 3 rings (SSSR count). The van der Waals surface area contributed by atoms with Crippen molar-refractivity contribution in [3.05, 3.63) is 48.2 Å². The van der Waals surface area contributed by atoms with E-state index in [4.69, 9.17) is 4.74 Å². The van der Waals surface area contributed by atoms with Crippen molar-refractivity contribution < 1.29 is 9.53 Å². The summed E-state index contributed by atoms with van der Waals surface area (Å²) in [6, 6.07) is 12.1. The minimum atomic E-state index is -0.452. The normalized spacial score (nSPS) is 18.2. The summed E-state index contributed by atoms with van der Waals surface area (Å²) in [5.41, 5.74) is 1.25. The summed E-state index contributed by atoms with van der Waals surface area (Å²) < 4.78 is 7.53. The molecule has 1 N–H and O–H groups in total. The van der Waals surface area contributed by atoms with Crippen LogP contribution in [0.2, 0.25) is 0 Å². The van der Waals surface area contributed by atoms with Crippen molar-refractivity contribution in [3.63, 3.8) is 0 Å². The van der Waals surface area contributed by atoms with Crippen LogP contribution in [0, 0.1) is 0 Å². The fourth-order valence-corrected chi connectivity index (χ4v) is 2.98. The van der Waals surface area contributed by atoms with Crippen LogP contribution < -0.4 is 5.32 Å². The third-order valence-electron chi connectivity index (χ3n) is 4.38. The molecular weight excluding hydrogens is 316 g/mol. The third-order valence-corrected chi connectivity index (χ3v) is 4.38. The van der Waals surface area contributed by atoms with Crippen LogP contribution in [0.15, 0.2) is 42.6 Å². The molecule has 2 aromatic rings. The van der Waals surface area contributed by atoms with Crippen molar-refractivity contribution >= 4 is 11.7 Å². The average Bonchev–Trinajstić information content (AvgIpc) is 3.08. The van der Waals surface area contributed by atoms with E-state index in [1.165, 1.54) is 5.56 Å². The van der Waals surface area contributed by atoms with Gasteiger partial charge in [0.05, 0.1) is 12.8 Å². The molecule has 1 atom stereocenters. The standard InChI is InChI=1S/C19H26N4O2/c1-2-3-11-23-18(9-10-20-23)21-19(24)17-15-22(12-13-25-17)14-16-7-5-4-6-8-16/h4-10,17H,2-3,11-15H2,1H3,(H,21,24). The summed E-state index contributed by atoms with van der Waals surface area (Å²) in [4.78, 5) is 14.8. The Morgan fingerprint density at radius 3 is 2.96 bits per heavy atom. The van der Waals surface area contributed by atoms with E-state index in [2.05, 4.69) is 34.4 Å². The Labute approximate surface area is 148 Å². The zero-order chi connectivity index (χ0) is 17.5. The van der Waals surface area contributed by atoms with Gasteiger partial charge in [-0.1, -0.05) is 43.7 Å². The quantitative estimate of drug-likeness (QED) is 0.840. The molecule has 1 aliphatic heterocycles. The number of carbonyl (C=O) groups excluding carboxylic acids is 1. The van der Waals surface area contributed by atoms with Gasteiger partial charge in [-0.25, -0.2) is 4.68 Å². The van der Waals surface area contributed by atoms with Crippen molar-refractivity contribution in [1.29, 1.82) is 0 Å². The smallest absolute Gasteiger partial charge is 0.255 e. The van der Waals surface area contributed by atoms with Gasteiger partial charge in [0.25, 0.3) is 5.91 Å². The van der Waals surface area contributed by atoms with Crippen LogP contribution in [-0.4, -0.2) is 46.4 Å². The van der Waals surface area contributed by atoms with Gasteiger partial charge in [0, 0.05) is 32.2 Å². The van der Waals surface area contributed by atoms with E-state index in [1.54, 1.807) is 6.20 Å². The number of hydrogen-bond acceptors (Lipinski definition) is 4. The van der Waals surface area contributed by atoms with Gasteiger partial charge in [0.2, 0.25) is 0 Å². The minimum absolute atomic E-state index is 0.101.